The number of nitrogens with zero attached hydrogens (tertiary/aromatic N) is 1. The third-order valence-corrected chi connectivity index (χ3v) is 2.48. The molecule has 0 saturated carbocycles. The molecule has 6 heteroatoms. The summed E-state index contributed by atoms with van der Waals surface area (Å²) in [6.07, 6.45) is -0.471. The first-order valence-electron chi connectivity index (χ1n) is 4.34. The van der Waals surface area contributed by atoms with Gasteiger partial charge in [0, 0.05) is 12.5 Å². The van der Waals surface area contributed by atoms with Gasteiger partial charge in [-0.1, -0.05) is 0 Å². The number of hydrogen-bond acceptors (Lipinski definition) is 3. The normalized spacial score (nSPS) is 29.0. The average Bonchev–Trinajstić information content (AvgIpc) is 2.39. The number of aliphatic carboxylic acids is 1. The lowest BCUT2D eigenvalue weighted by Gasteiger charge is -2.25. The second-order valence-corrected chi connectivity index (χ2v) is 3.58. The lowest BCUT2D eigenvalue weighted by Crippen LogP contribution is -2.44. The Kier molecular flexibility index (Phi) is 3.06. The SMILES string of the molecule is C[C@H](C(=O)O)N1CC(F)(F)C[C@H]1CO. The summed E-state index contributed by atoms with van der Waals surface area (Å²) in [6, 6.07) is -1.74. The Morgan fingerprint density at radius 3 is 2.71 bits per heavy atom. The molecule has 0 spiro atoms. The van der Waals surface area contributed by atoms with Gasteiger partial charge in [-0.15, -0.1) is 0 Å². The van der Waals surface area contributed by atoms with Gasteiger partial charge in [0.2, 0.25) is 0 Å². The van der Waals surface area contributed by atoms with Crippen LogP contribution < -0.4 is 0 Å². The molecule has 1 aliphatic heterocycles. The highest BCUT2D eigenvalue weighted by molar-refractivity contribution is 5.73. The van der Waals surface area contributed by atoms with E-state index in [0.29, 0.717) is 0 Å². The molecule has 1 heterocycles. The topological polar surface area (TPSA) is 60.8 Å². The number of aliphatic hydroxyl groups excluding tert-OH is 1. The van der Waals surface area contributed by atoms with Crippen LogP contribution in [0.15, 0.2) is 0 Å². The van der Waals surface area contributed by atoms with Crippen molar-refractivity contribution >= 4 is 5.97 Å². The van der Waals surface area contributed by atoms with Crippen molar-refractivity contribution in [3.8, 4) is 0 Å². The van der Waals surface area contributed by atoms with Crippen LogP contribution in [0.4, 0.5) is 8.78 Å². The fraction of sp³-hybridized carbons (Fsp3) is 0.875. The van der Waals surface area contributed by atoms with Crippen LogP contribution in [0, 0.1) is 0 Å². The van der Waals surface area contributed by atoms with Gasteiger partial charge in [0.05, 0.1) is 13.2 Å². The summed E-state index contributed by atoms with van der Waals surface area (Å²) in [7, 11) is 0. The van der Waals surface area contributed by atoms with Crippen molar-refractivity contribution in [2.45, 2.75) is 31.4 Å². The molecule has 2 atom stereocenters. The number of halogens is 2. The summed E-state index contributed by atoms with van der Waals surface area (Å²) in [5.74, 6) is -4.04. The molecule has 1 rings (SSSR count). The van der Waals surface area contributed by atoms with E-state index in [1.54, 1.807) is 0 Å². The quantitative estimate of drug-likeness (QED) is 0.695. The summed E-state index contributed by atoms with van der Waals surface area (Å²) >= 11 is 0. The number of aliphatic hydroxyl groups is 1. The molecule has 4 nitrogen and oxygen atoms in total. The first kappa shape index (κ1) is 11.3. The van der Waals surface area contributed by atoms with E-state index in [0.717, 1.165) is 4.90 Å². The van der Waals surface area contributed by atoms with E-state index in [1.807, 2.05) is 0 Å². The molecule has 0 amide bonds. The molecular formula is C8H13F2NO3. The summed E-state index contributed by atoms with van der Waals surface area (Å²) in [4.78, 5) is 11.7. The van der Waals surface area contributed by atoms with Crippen LogP contribution in [0.1, 0.15) is 13.3 Å². The molecule has 1 fully saturated rings. The number of rotatable bonds is 3. The number of alkyl halides is 2. The fourth-order valence-corrected chi connectivity index (χ4v) is 1.69. The number of carboxylic acids is 1. The molecule has 1 aliphatic rings. The summed E-state index contributed by atoms with van der Waals surface area (Å²) in [5.41, 5.74) is 0. The van der Waals surface area contributed by atoms with Crippen molar-refractivity contribution in [3.05, 3.63) is 0 Å². The van der Waals surface area contributed by atoms with Gasteiger partial charge in [-0.25, -0.2) is 8.78 Å². The Morgan fingerprint density at radius 1 is 1.71 bits per heavy atom. The highest BCUT2D eigenvalue weighted by Crippen LogP contribution is 2.33. The standard InChI is InChI=1S/C8H13F2NO3/c1-5(7(13)14)11-4-8(9,10)2-6(11)3-12/h5-6,12H,2-4H2,1H3,(H,13,14)/t5-,6+/m1/s1. The zero-order valence-corrected chi connectivity index (χ0v) is 7.78. The zero-order chi connectivity index (χ0) is 10.9. The number of likely N-dealkylation sites (tertiary alicyclic amines) is 1. The van der Waals surface area contributed by atoms with Crippen molar-refractivity contribution in [2.75, 3.05) is 13.2 Å². The lowest BCUT2D eigenvalue weighted by atomic mass is 10.2. The third kappa shape index (κ3) is 2.19. The molecule has 2 N–H and O–H groups in total. The highest BCUT2D eigenvalue weighted by Gasteiger charge is 2.47. The van der Waals surface area contributed by atoms with Crippen molar-refractivity contribution in [1.29, 1.82) is 0 Å². The van der Waals surface area contributed by atoms with Gasteiger partial charge in [-0.3, -0.25) is 9.69 Å². The van der Waals surface area contributed by atoms with Gasteiger partial charge in [-0.2, -0.15) is 0 Å². The molecule has 14 heavy (non-hydrogen) atoms. The molecule has 82 valence electrons. The van der Waals surface area contributed by atoms with Crippen LogP contribution >= 0.6 is 0 Å². The first-order valence-corrected chi connectivity index (χ1v) is 4.34. The van der Waals surface area contributed by atoms with E-state index in [4.69, 9.17) is 10.2 Å². The molecule has 1 saturated heterocycles. The molecule has 0 bridgehead atoms. The van der Waals surface area contributed by atoms with Gasteiger partial charge in [-0.05, 0) is 6.92 Å². The maximum Gasteiger partial charge on any atom is 0.320 e. The maximum absolute atomic E-state index is 12.9. The van der Waals surface area contributed by atoms with E-state index in [9.17, 15) is 13.6 Å². The largest absolute Gasteiger partial charge is 0.480 e. The fourth-order valence-electron chi connectivity index (χ4n) is 1.69. The second-order valence-electron chi connectivity index (χ2n) is 3.58. The molecule has 0 aromatic heterocycles. The molecule has 0 aliphatic carbocycles. The number of carbonyl (C=O) groups is 1. The first-order chi connectivity index (χ1) is 6.37. The van der Waals surface area contributed by atoms with Crippen LogP contribution in [0.2, 0.25) is 0 Å². The van der Waals surface area contributed by atoms with Crippen molar-refractivity contribution < 1.29 is 23.8 Å². The van der Waals surface area contributed by atoms with Gasteiger partial charge in [0.1, 0.15) is 6.04 Å². The van der Waals surface area contributed by atoms with Crippen molar-refractivity contribution in [2.24, 2.45) is 0 Å². The van der Waals surface area contributed by atoms with E-state index in [1.165, 1.54) is 6.92 Å². The smallest absolute Gasteiger partial charge is 0.320 e. The van der Waals surface area contributed by atoms with Crippen LogP contribution in [0.25, 0.3) is 0 Å². The van der Waals surface area contributed by atoms with E-state index >= 15 is 0 Å². The molecule has 0 unspecified atom stereocenters. The Balaban J connectivity index is 2.73. The monoisotopic (exact) mass is 209 g/mol. The minimum atomic E-state index is -2.89. The predicted molar refractivity (Wildman–Crippen MR) is 44.2 cm³/mol. The van der Waals surface area contributed by atoms with Crippen LogP contribution in [0.5, 0.6) is 0 Å². The molecular weight excluding hydrogens is 196 g/mol. The van der Waals surface area contributed by atoms with Gasteiger partial charge >= 0.3 is 5.97 Å². The Bertz CT molecular complexity index is 235. The minimum absolute atomic E-state index is 0.437. The third-order valence-electron chi connectivity index (χ3n) is 2.48. The highest BCUT2D eigenvalue weighted by atomic mass is 19.3. The molecule has 0 aromatic rings. The van der Waals surface area contributed by atoms with Crippen molar-refractivity contribution in [1.82, 2.24) is 4.90 Å². The number of carboxylic acid groups (broad SMARTS) is 1. The van der Waals surface area contributed by atoms with Crippen LogP contribution in [-0.2, 0) is 4.79 Å². The van der Waals surface area contributed by atoms with E-state index < -0.39 is 43.5 Å². The summed E-state index contributed by atoms with van der Waals surface area (Å²) in [5, 5.41) is 17.5. The zero-order valence-electron chi connectivity index (χ0n) is 7.78. The summed E-state index contributed by atoms with van der Waals surface area (Å²) in [6.45, 7) is 0.311. The van der Waals surface area contributed by atoms with Crippen LogP contribution in [-0.4, -0.2) is 52.2 Å². The maximum atomic E-state index is 12.9. The van der Waals surface area contributed by atoms with Gasteiger partial charge in [0.15, 0.2) is 0 Å². The van der Waals surface area contributed by atoms with Crippen molar-refractivity contribution in [3.63, 3.8) is 0 Å². The predicted octanol–water partition coefficient (Wildman–Crippen LogP) is 0.161. The average molecular weight is 209 g/mol. The van der Waals surface area contributed by atoms with E-state index in [-0.39, 0.29) is 0 Å². The summed E-state index contributed by atoms with van der Waals surface area (Å²) < 4.78 is 25.8. The van der Waals surface area contributed by atoms with Gasteiger partial charge < -0.3 is 10.2 Å². The van der Waals surface area contributed by atoms with Gasteiger partial charge in [0.25, 0.3) is 5.92 Å². The minimum Gasteiger partial charge on any atom is -0.480 e. The molecule has 0 radical (unpaired) electrons. The Hall–Kier alpha value is -0.750. The van der Waals surface area contributed by atoms with Crippen LogP contribution in [0.3, 0.4) is 0 Å². The Labute approximate surface area is 80.1 Å². The lowest BCUT2D eigenvalue weighted by molar-refractivity contribution is -0.143. The van der Waals surface area contributed by atoms with E-state index in [2.05, 4.69) is 0 Å². The molecule has 0 aromatic carbocycles. The Morgan fingerprint density at radius 2 is 2.29 bits per heavy atom. The second kappa shape index (κ2) is 3.78. The number of hydrogen-bond donors (Lipinski definition) is 2.